The van der Waals surface area contributed by atoms with E-state index in [0.717, 1.165) is 81.5 Å². The van der Waals surface area contributed by atoms with E-state index in [9.17, 15) is 15.0 Å². The number of anilines is 1. The first kappa shape index (κ1) is 24.7. The molecule has 1 atom stereocenters. The van der Waals surface area contributed by atoms with Gasteiger partial charge in [-0.2, -0.15) is 0 Å². The number of aliphatic hydroxyl groups excluding tert-OH is 1. The summed E-state index contributed by atoms with van der Waals surface area (Å²) in [4.78, 5) is 19.0. The monoisotopic (exact) mass is 514 g/mol. The molecule has 3 aliphatic rings. The maximum absolute atomic E-state index is 12.1. The van der Waals surface area contributed by atoms with E-state index in [1.807, 2.05) is 63.1 Å². The van der Waals surface area contributed by atoms with E-state index in [4.69, 9.17) is 14.5 Å². The quantitative estimate of drug-likeness (QED) is 0.448. The summed E-state index contributed by atoms with van der Waals surface area (Å²) in [6, 6.07) is 5.99. The summed E-state index contributed by atoms with van der Waals surface area (Å²) in [6.45, 7) is 9.28. The Morgan fingerprint density at radius 3 is 2.74 bits per heavy atom. The van der Waals surface area contributed by atoms with Crippen LogP contribution in [0.1, 0.15) is 55.9 Å². The van der Waals surface area contributed by atoms with E-state index in [2.05, 4.69) is 0 Å². The lowest BCUT2D eigenvalue weighted by molar-refractivity contribution is -0.136. The molecular weight excluding hydrogens is 480 g/mol. The zero-order valence-corrected chi connectivity index (χ0v) is 22.4. The first-order valence-corrected chi connectivity index (χ1v) is 13.4. The fraction of sp³-hybridized carbons (Fsp3) is 0.419. The molecule has 7 nitrogen and oxygen atoms in total. The van der Waals surface area contributed by atoms with Gasteiger partial charge in [-0.3, -0.25) is 9.78 Å². The number of hydrogen-bond donors (Lipinski definition) is 2. The van der Waals surface area contributed by atoms with Crippen LogP contribution in [-0.2, 0) is 17.6 Å². The van der Waals surface area contributed by atoms with Crippen molar-refractivity contribution in [2.75, 3.05) is 18.1 Å². The number of ether oxygens (including phenoxy) is 2. The van der Waals surface area contributed by atoms with E-state index in [0.29, 0.717) is 18.3 Å². The Labute approximate surface area is 222 Å². The lowest BCUT2D eigenvalue weighted by Crippen LogP contribution is -2.38. The van der Waals surface area contributed by atoms with Gasteiger partial charge in [0.1, 0.15) is 23.3 Å². The average Bonchev–Trinajstić information content (AvgIpc) is 3.66. The van der Waals surface area contributed by atoms with Crippen molar-refractivity contribution in [1.82, 2.24) is 4.98 Å². The molecule has 0 bridgehead atoms. The fourth-order valence-electron chi connectivity index (χ4n) is 5.73. The highest BCUT2D eigenvalue weighted by Gasteiger charge is 2.34. The fourth-order valence-corrected chi connectivity index (χ4v) is 5.73. The Bertz CT molecular complexity index is 1480. The van der Waals surface area contributed by atoms with Crippen LogP contribution < -0.4 is 14.4 Å². The lowest BCUT2D eigenvalue weighted by Gasteiger charge is -2.35. The van der Waals surface area contributed by atoms with Crippen molar-refractivity contribution in [1.29, 1.82) is 0 Å². The number of hydrogen-bond acceptors (Lipinski definition) is 6. The summed E-state index contributed by atoms with van der Waals surface area (Å²) >= 11 is 0. The molecule has 1 fully saturated rings. The molecular formula is C31H34N2O5. The number of carboxylic acids is 1. The van der Waals surface area contributed by atoms with Crippen LogP contribution in [0.25, 0.3) is 28.1 Å². The van der Waals surface area contributed by atoms with E-state index in [-0.39, 0.29) is 6.42 Å². The van der Waals surface area contributed by atoms with Gasteiger partial charge in [0, 0.05) is 47.4 Å². The SMILES string of the molecule is Cc1cc2c(c(-c3c(OC(C)(C)C)cc4c5c(ccnc35)CCO4)c1CC(=O)O)C=CC(O)N2CC1CC1. The molecule has 1 saturated carbocycles. The Morgan fingerprint density at radius 1 is 1.24 bits per heavy atom. The molecule has 2 N–H and O–H groups in total. The molecule has 3 aromatic rings. The first-order chi connectivity index (χ1) is 18.1. The number of carbonyl (C=O) groups is 1. The molecule has 1 aromatic heterocycles. The Morgan fingerprint density at radius 2 is 2.03 bits per heavy atom. The van der Waals surface area contributed by atoms with Crippen LogP contribution in [0.3, 0.4) is 0 Å². The van der Waals surface area contributed by atoms with Crippen molar-refractivity contribution in [3.63, 3.8) is 0 Å². The van der Waals surface area contributed by atoms with Crippen LogP contribution >= 0.6 is 0 Å². The number of aromatic nitrogens is 1. The summed E-state index contributed by atoms with van der Waals surface area (Å²) in [5.74, 6) is 1.01. The predicted molar refractivity (Wildman–Crippen MR) is 148 cm³/mol. The zero-order chi connectivity index (χ0) is 26.8. The van der Waals surface area contributed by atoms with Gasteiger partial charge in [0.05, 0.1) is 24.1 Å². The molecule has 0 amide bonds. The number of rotatable bonds is 6. The van der Waals surface area contributed by atoms with Gasteiger partial charge in [-0.1, -0.05) is 6.08 Å². The summed E-state index contributed by atoms with van der Waals surface area (Å²) in [6.07, 6.45) is 7.77. The Hall–Kier alpha value is -3.58. The van der Waals surface area contributed by atoms with Crippen molar-refractivity contribution in [2.45, 2.75) is 65.2 Å². The van der Waals surface area contributed by atoms with Gasteiger partial charge in [0.2, 0.25) is 0 Å². The van der Waals surface area contributed by atoms with Crippen LogP contribution in [0.15, 0.2) is 30.5 Å². The minimum atomic E-state index is -0.902. The summed E-state index contributed by atoms with van der Waals surface area (Å²) < 4.78 is 12.6. The van der Waals surface area contributed by atoms with Gasteiger partial charge in [-0.15, -0.1) is 0 Å². The normalized spacial score (nSPS) is 18.3. The maximum atomic E-state index is 12.1. The third kappa shape index (κ3) is 4.39. The number of aliphatic hydroxyl groups is 1. The molecule has 2 aliphatic heterocycles. The molecule has 0 saturated heterocycles. The lowest BCUT2D eigenvalue weighted by atomic mass is 9.84. The minimum absolute atomic E-state index is 0.137. The number of pyridine rings is 1. The standard InChI is InChI=1S/C31H34N2O5/c1-17-13-22-20(7-8-25(34)33(22)16-18-5-6-18)28(21(17)14-26(35)36)29-24(38-31(2,3)4)15-23-27-19(10-12-37-23)9-11-32-30(27)29/h7-9,11,13,15,18,25,34H,5-6,10,12,14,16H2,1-4H3,(H,35,36). The highest BCUT2D eigenvalue weighted by atomic mass is 16.5. The summed E-state index contributed by atoms with van der Waals surface area (Å²) in [7, 11) is 0. The van der Waals surface area contributed by atoms with Gasteiger partial charge in [-0.05, 0) is 81.4 Å². The molecule has 7 heteroatoms. The summed E-state index contributed by atoms with van der Waals surface area (Å²) in [5, 5.41) is 21.8. The van der Waals surface area contributed by atoms with Crippen LogP contribution in [-0.4, -0.2) is 46.1 Å². The molecule has 1 aliphatic carbocycles. The predicted octanol–water partition coefficient (Wildman–Crippen LogP) is 5.51. The van der Waals surface area contributed by atoms with Crippen LogP contribution in [0.5, 0.6) is 11.5 Å². The second kappa shape index (κ2) is 9.02. The molecule has 3 heterocycles. The third-order valence-electron chi connectivity index (χ3n) is 7.54. The van der Waals surface area contributed by atoms with Gasteiger partial charge >= 0.3 is 5.97 Å². The first-order valence-electron chi connectivity index (χ1n) is 13.4. The largest absolute Gasteiger partial charge is 0.492 e. The van der Waals surface area contributed by atoms with Crippen molar-refractivity contribution in [2.24, 2.45) is 5.92 Å². The number of fused-ring (bicyclic) bond motifs is 1. The van der Waals surface area contributed by atoms with Gasteiger partial charge in [0.15, 0.2) is 0 Å². The minimum Gasteiger partial charge on any atom is -0.492 e. The second-order valence-electron chi connectivity index (χ2n) is 11.7. The molecule has 6 rings (SSSR count). The highest BCUT2D eigenvalue weighted by molar-refractivity contribution is 6.06. The zero-order valence-electron chi connectivity index (χ0n) is 22.4. The summed E-state index contributed by atoms with van der Waals surface area (Å²) in [5.41, 5.74) is 6.34. The van der Waals surface area contributed by atoms with Gasteiger partial charge in [0.25, 0.3) is 0 Å². The number of benzene rings is 2. The van der Waals surface area contributed by atoms with Crippen LogP contribution in [0, 0.1) is 12.8 Å². The third-order valence-corrected chi connectivity index (χ3v) is 7.54. The Kier molecular flexibility index (Phi) is 5.87. The number of aryl methyl sites for hydroxylation is 1. The average molecular weight is 515 g/mol. The Balaban J connectivity index is 1.71. The molecule has 1 unspecified atom stereocenters. The molecule has 0 radical (unpaired) electrons. The number of aliphatic carboxylic acids is 1. The van der Waals surface area contributed by atoms with Crippen molar-refractivity contribution in [3.05, 3.63) is 52.7 Å². The van der Waals surface area contributed by atoms with E-state index >= 15 is 0 Å². The molecule has 198 valence electrons. The number of carboxylic acid groups (broad SMARTS) is 1. The van der Waals surface area contributed by atoms with E-state index < -0.39 is 17.8 Å². The van der Waals surface area contributed by atoms with E-state index in [1.54, 1.807) is 6.08 Å². The molecule has 2 aromatic carbocycles. The van der Waals surface area contributed by atoms with Crippen molar-refractivity contribution < 1.29 is 24.5 Å². The maximum Gasteiger partial charge on any atom is 0.307 e. The topological polar surface area (TPSA) is 92.1 Å². The van der Waals surface area contributed by atoms with Crippen molar-refractivity contribution in [3.8, 4) is 22.6 Å². The smallest absolute Gasteiger partial charge is 0.307 e. The molecule has 0 spiro atoms. The van der Waals surface area contributed by atoms with E-state index in [1.165, 1.54) is 0 Å². The van der Waals surface area contributed by atoms with Gasteiger partial charge < -0.3 is 24.6 Å². The number of nitrogens with zero attached hydrogens (tertiary/aromatic N) is 2. The van der Waals surface area contributed by atoms with Crippen LogP contribution in [0.4, 0.5) is 5.69 Å². The van der Waals surface area contributed by atoms with Gasteiger partial charge in [-0.25, -0.2) is 0 Å². The van der Waals surface area contributed by atoms with Crippen LogP contribution in [0.2, 0.25) is 0 Å². The second-order valence-corrected chi connectivity index (χ2v) is 11.7. The molecule has 38 heavy (non-hydrogen) atoms. The highest BCUT2D eigenvalue weighted by Crippen LogP contribution is 2.50. The van der Waals surface area contributed by atoms with Crippen molar-refractivity contribution >= 4 is 28.6 Å².